The molecule has 2 N–H and O–H groups in total. The summed E-state index contributed by atoms with van der Waals surface area (Å²) in [5, 5.41) is 10.3. The van der Waals surface area contributed by atoms with Gasteiger partial charge >= 0.3 is 6.03 Å². The minimum Gasteiger partial charge on any atom is -0.350 e. The molecule has 0 saturated carbocycles. The van der Waals surface area contributed by atoms with Gasteiger partial charge in [-0.3, -0.25) is 19.2 Å². The van der Waals surface area contributed by atoms with Crippen molar-refractivity contribution in [2.45, 2.75) is 45.3 Å². The fourth-order valence-corrected chi connectivity index (χ4v) is 5.02. The molecule has 174 valence electrons. The summed E-state index contributed by atoms with van der Waals surface area (Å²) >= 11 is 0. The summed E-state index contributed by atoms with van der Waals surface area (Å²) in [6.45, 7) is 4.50. The van der Waals surface area contributed by atoms with E-state index in [9.17, 15) is 14.4 Å². The molecule has 34 heavy (non-hydrogen) atoms. The highest BCUT2D eigenvalue weighted by Crippen LogP contribution is 2.41. The number of carbonyl (C=O) groups is 3. The molecule has 0 radical (unpaired) electrons. The first-order valence-electron chi connectivity index (χ1n) is 11.4. The van der Waals surface area contributed by atoms with E-state index in [1.807, 2.05) is 73.1 Å². The highest BCUT2D eigenvalue weighted by molar-refractivity contribution is 6.09. The molecule has 2 aromatic carbocycles. The second-order valence-electron chi connectivity index (χ2n) is 8.95. The molecule has 8 heteroatoms. The Balaban J connectivity index is 1.24. The number of aryl methyl sites for hydroxylation is 2. The van der Waals surface area contributed by atoms with E-state index >= 15 is 0 Å². The monoisotopic (exact) mass is 457 g/mol. The third kappa shape index (κ3) is 3.65. The number of amides is 4. The lowest BCUT2D eigenvalue weighted by molar-refractivity contribution is -0.135. The van der Waals surface area contributed by atoms with Gasteiger partial charge in [-0.2, -0.15) is 5.10 Å². The summed E-state index contributed by atoms with van der Waals surface area (Å²) in [6.07, 6.45) is 1.22. The van der Waals surface area contributed by atoms with Crippen LogP contribution in [0.25, 0.3) is 0 Å². The number of benzene rings is 2. The molecule has 1 aliphatic carbocycles. The number of imide groups is 1. The standard InChI is InChI=1S/C26H27N5O3/c1-17-21(18(2)31(29-17)15-19-8-4-3-5-9-19)14-27-23(32)16-30-24(33)26(28-25(30)34)13-12-20-10-6-7-11-22(20)26/h3-11H,12-16H2,1-2H3,(H,27,32)(H,28,34). The van der Waals surface area contributed by atoms with Crippen molar-refractivity contribution in [3.8, 4) is 0 Å². The van der Waals surface area contributed by atoms with E-state index in [-0.39, 0.29) is 24.9 Å². The van der Waals surface area contributed by atoms with Crippen LogP contribution in [0.2, 0.25) is 0 Å². The van der Waals surface area contributed by atoms with E-state index in [1.165, 1.54) is 0 Å². The van der Waals surface area contributed by atoms with E-state index in [0.717, 1.165) is 38.5 Å². The van der Waals surface area contributed by atoms with Gasteiger partial charge in [0.05, 0.1) is 12.2 Å². The molecule has 5 rings (SSSR count). The van der Waals surface area contributed by atoms with Gasteiger partial charge in [-0.25, -0.2) is 4.79 Å². The van der Waals surface area contributed by atoms with Crippen LogP contribution in [0.4, 0.5) is 4.79 Å². The number of nitrogens with zero attached hydrogens (tertiary/aromatic N) is 3. The van der Waals surface area contributed by atoms with Crippen LogP contribution in [-0.4, -0.2) is 39.1 Å². The van der Waals surface area contributed by atoms with Crippen molar-refractivity contribution in [1.29, 1.82) is 0 Å². The molecule has 1 unspecified atom stereocenters. The van der Waals surface area contributed by atoms with Gasteiger partial charge < -0.3 is 10.6 Å². The topological polar surface area (TPSA) is 96.3 Å². The molecular weight excluding hydrogens is 430 g/mol. The largest absolute Gasteiger partial charge is 0.350 e. The van der Waals surface area contributed by atoms with Crippen molar-refractivity contribution in [3.63, 3.8) is 0 Å². The Bertz CT molecular complexity index is 1280. The van der Waals surface area contributed by atoms with E-state index in [1.54, 1.807) is 0 Å². The van der Waals surface area contributed by atoms with Gasteiger partial charge in [0.15, 0.2) is 0 Å². The van der Waals surface area contributed by atoms with Crippen molar-refractivity contribution in [3.05, 3.63) is 88.2 Å². The first-order valence-corrected chi connectivity index (χ1v) is 11.4. The maximum Gasteiger partial charge on any atom is 0.325 e. The second-order valence-corrected chi connectivity index (χ2v) is 8.95. The summed E-state index contributed by atoms with van der Waals surface area (Å²) < 4.78 is 1.92. The number of nitrogens with one attached hydrogen (secondary N) is 2. The molecule has 0 bridgehead atoms. The molecule has 2 aliphatic rings. The molecule has 1 spiro atoms. The number of hydrogen-bond donors (Lipinski definition) is 2. The summed E-state index contributed by atoms with van der Waals surface area (Å²) in [4.78, 5) is 39.6. The van der Waals surface area contributed by atoms with Crippen LogP contribution in [-0.2, 0) is 34.6 Å². The normalized spacial score (nSPS) is 18.9. The van der Waals surface area contributed by atoms with Crippen molar-refractivity contribution in [2.24, 2.45) is 0 Å². The van der Waals surface area contributed by atoms with Gasteiger partial charge in [-0.05, 0) is 43.4 Å². The molecule has 1 aromatic heterocycles. The van der Waals surface area contributed by atoms with Crippen LogP contribution in [0, 0.1) is 13.8 Å². The maximum absolute atomic E-state index is 13.2. The Labute approximate surface area is 197 Å². The van der Waals surface area contributed by atoms with Crippen molar-refractivity contribution < 1.29 is 14.4 Å². The molecular formula is C26H27N5O3. The fraction of sp³-hybridized carbons (Fsp3) is 0.308. The maximum atomic E-state index is 13.2. The Morgan fingerprint density at radius 2 is 1.82 bits per heavy atom. The Morgan fingerprint density at radius 3 is 2.62 bits per heavy atom. The summed E-state index contributed by atoms with van der Waals surface area (Å²) in [5.41, 5.74) is 4.71. The van der Waals surface area contributed by atoms with Crippen LogP contribution in [0.1, 0.15) is 40.1 Å². The molecule has 2 heterocycles. The Morgan fingerprint density at radius 1 is 1.09 bits per heavy atom. The van der Waals surface area contributed by atoms with Crippen LogP contribution in [0.5, 0.6) is 0 Å². The van der Waals surface area contributed by atoms with Gasteiger partial charge in [0.25, 0.3) is 5.91 Å². The lowest BCUT2D eigenvalue weighted by Gasteiger charge is -2.22. The molecule has 8 nitrogen and oxygen atoms in total. The lowest BCUT2D eigenvalue weighted by Crippen LogP contribution is -2.43. The van der Waals surface area contributed by atoms with Gasteiger partial charge in [0.1, 0.15) is 12.1 Å². The molecule has 4 amide bonds. The third-order valence-corrected chi connectivity index (χ3v) is 6.89. The molecule has 1 aliphatic heterocycles. The zero-order valence-electron chi connectivity index (χ0n) is 19.3. The molecule has 1 saturated heterocycles. The van der Waals surface area contributed by atoms with E-state index in [0.29, 0.717) is 19.4 Å². The number of aromatic nitrogens is 2. The Kier molecular flexibility index (Phi) is 5.43. The van der Waals surface area contributed by atoms with Gasteiger partial charge in [-0.1, -0.05) is 54.6 Å². The number of fused-ring (bicyclic) bond motifs is 2. The van der Waals surface area contributed by atoms with Crippen LogP contribution >= 0.6 is 0 Å². The lowest BCUT2D eigenvalue weighted by atomic mass is 9.92. The number of hydrogen-bond acceptors (Lipinski definition) is 4. The van der Waals surface area contributed by atoms with E-state index < -0.39 is 11.6 Å². The van der Waals surface area contributed by atoms with Gasteiger partial charge in [0, 0.05) is 17.8 Å². The zero-order chi connectivity index (χ0) is 23.9. The van der Waals surface area contributed by atoms with Crippen molar-refractivity contribution in [1.82, 2.24) is 25.3 Å². The molecule has 1 atom stereocenters. The SMILES string of the molecule is Cc1nn(Cc2ccccc2)c(C)c1CNC(=O)CN1C(=O)NC2(CCc3ccccc32)C1=O. The number of urea groups is 1. The third-order valence-electron chi connectivity index (χ3n) is 6.89. The summed E-state index contributed by atoms with van der Waals surface area (Å²) in [7, 11) is 0. The van der Waals surface area contributed by atoms with Gasteiger partial charge in [0.2, 0.25) is 5.91 Å². The summed E-state index contributed by atoms with van der Waals surface area (Å²) in [5.74, 6) is -0.748. The minimum atomic E-state index is -1.06. The van der Waals surface area contributed by atoms with E-state index in [4.69, 9.17) is 0 Å². The van der Waals surface area contributed by atoms with Gasteiger partial charge in [-0.15, -0.1) is 0 Å². The molecule has 3 aromatic rings. The average Bonchev–Trinajstić information content (AvgIpc) is 3.41. The highest BCUT2D eigenvalue weighted by Gasteiger charge is 2.55. The average molecular weight is 458 g/mol. The first kappa shape index (κ1) is 21.9. The fourth-order valence-electron chi connectivity index (χ4n) is 5.02. The quantitative estimate of drug-likeness (QED) is 0.556. The first-order chi connectivity index (χ1) is 16.4. The predicted octanol–water partition coefficient (Wildman–Crippen LogP) is 2.56. The van der Waals surface area contributed by atoms with E-state index in [2.05, 4.69) is 15.7 Å². The van der Waals surface area contributed by atoms with Crippen LogP contribution in [0.15, 0.2) is 54.6 Å². The van der Waals surface area contributed by atoms with Crippen LogP contribution in [0.3, 0.4) is 0 Å². The number of rotatable bonds is 6. The predicted molar refractivity (Wildman–Crippen MR) is 126 cm³/mol. The Hall–Kier alpha value is -3.94. The second kappa shape index (κ2) is 8.44. The number of carbonyl (C=O) groups excluding carboxylic acids is 3. The van der Waals surface area contributed by atoms with Crippen LogP contribution < -0.4 is 10.6 Å². The van der Waals surface area contributed by atoms with Crippen molar-refractivity contribution >= 4 is 17.8 Å². The van der Waals surface area contributed by atoms with Crippen molar-refractivity contribution in [2.75, 3.05) is 6.54 Å². The zero-order valence-corrected chi connectivity index (χ0v) is 19.3. The summed E-state index contributed by atoms with van der Waals surface area (Å²) in [6, 6.07) is 17.2. The highest BCUT2D eigenvalue weighted by atomic mass is 16.2. The smallest absolute Gasteiger partial charge is 0.325 e. The molecule has 1 fully saturated rings. The minimum absolute atomic E-state index is 0.281.